The van der Waals surface area contributed by atoms with Gasteiger partial charge in [0, 0.05) is 6.42 Å². The topological polar surface area (TPSA) is 26.3 Å². The van der Waals surface area contributed by atoms with Crippen LogP contribution < -0.4 is 0 Å². The lowest BCUT2D eigenvalue weighted by molar-refractivity contribution is -0.149. The monoisotopic (exact) mass is 496 g/mol. The average molecular weight is 498 g/mol. The zero-order chi connectivity index (χ0) is 24.0. The van der Waals surface area contributed by atoms with Crippen LogP contribution in [0.3, 0.4) is 0 Å². The fraction of sp³-hybridized carbons (Fsp3) is 0.897. The lowest BCUT2D eigenvalue weighted by Crippen LogP contribution is -2.51. The van der Waals surface area contributed by atoms with E-state index in [9.17, 15) is 4.79 Å². The molecule has 0 unspecified atom stereocenters. The molecule has 4 aliphatic rings. The van der Waals surface area contributed by atoms with Crippen LogP contribution in [-0.2, 0) is 9.53 Å². The summed E-state index contributed by atoms with van der Waals surface area (Å²) < 4.78 is 5.61. The molecule has 4 heteroatoms. The van der Waals surface area contributed by atoms with Crippen molar-refractivity contribution in [2.45, 2.75) is 116 Å². The fourth-order valence-electron chi connectivity index (χ4n) is 8.97. The van der Waals surface area contributed by atoms with E-state index >= 15 is 0 Å². The summed E-state index contributed by atoms with van der Waals surface area (Å²) in [5.41, 5.74) is 2.34. The number of hydrogen-bond donors (Lipinski definition) is 0. The van der Waals surface area contributed by atoms with Crippen LogP contribution in [-0.4, -0.2) is 16.9 Å². The molecule has 33 heavy (non-hydrogen) atoms. The highest BCUT2D eigenvalue weighted by Gasteiger charge is 2.59. The molecule has 0 aromatic carbocycles. The van der Waals surface area contributed by atoms with Gasteiger partial charge in [-0.3, -0.25) is 0 Å². The lowest BCUT2D eigenvalue weighted by atomic mass is 9.47. The van der Waals surface area contributed by atoms with Gasteiger partial charge >= 0.3 is 5.97 Å². The van der Waals surface area contributed by atoms with Crippen molar-refractivity contribution in [3.8, 4) is 0 Å². The molecule has 0 aliphatic heterocycles. The zero-order valence-electron chi connectivity index (χ0n) is 21.5. The average Bonchev–Trinajstić information content (AvgIpc) is 3.11. The van der Waals surface area contributed by atoms with Crippen LogP contribution in [0.15, 0.2) is 11.6 Å². The second kappa shape index (κ2) is 10.0. The molecule has 3 fully saturated rings. The van der Waals surface area contributed by atoms with Crippen LogP contribution >= 0.6 is 23.2 Å². The Hall–Kier alpha value is -0.210. The van der Waals surface area contributed by atoms with Gasteiger partial charge in [0.05, 0.1) is 0 Å². The zero-order valence-corrected chi connectivity index (χ0v) is 23.1. The van der Waals surface area contributed by atoms with Crippen molar-refractivity contribution in [1.82, 2.24) is 0 Å². The van der Waals surface area contributed by atoms with E-state index in [4.69, 9.17) is 27.9 Å². The molecule has 2 nitrogen and oxygen atoms in total. The van der Waals surface area contributed by atoms with Crippen LogP contribution in [0.4, 0.5) is 0 Å². The van der Waals surface area contributed by atoms with E-state index in [-0.39, 0.29) is 11.5 Å². The summed E-state index contributed by atoms with van der Waals surface area (Å²) in [6, 6.07) is 0. The Morgan fingerprint density at radius 3 is 2.52 bits per heavy atom. The number of ether oxygens (including phenoxy) is 1. The second-order valence-corrected chi connectivity index (χ2v) is 14.0. The van der Waals surface area contributed by atoms with Gasteiger partial charge in [-0.15, -0.1) is 0 Å². The van der Waals surface area contributed by atoms with E-state index in [2.05, 4.69) is 40.7 Å². The highest BCUT2D eigenvalue weighted by Crippen LogP contribution is 2.67. The highest BCUT2D eigenvalue weighted by molar-refractivity contribution is 6.52. The minimum absolute atomic E-state index is 0.0650. The van der Waals surface area contributed by atoms with Crippen LogP contribution in [0.5, 0.6) is 0 Å². The molecule has 4 rings (SSSR count). The van der Waals surface area contributed by atoms with Gasteiger partial charge in [0.15, 0.2) is 0 Å². The van der Waals surface area contributed by atoms with E-state index in [1.165, 1.54) is 56.9 Å². The molecule has 0 amide bonds. The van der Waals surface area contributed by atoms with Crippen molar-refractivity contribution in [3.63, 3.8) is 0 Å². The third-order valence-corrected chi connectivity index (χ3v) is 11.1. The van der Waals surface area contributed by atoms with Crippen LogP contribution in [0.25, 0.3) is 0 Å². The minimum Gasteiger partial charge on any atom is -0.460 e. The quantitative estimate of drug-likeness (QED) is 0.200. The summed E-state index contributed by atoms with van der Waals surface area (Å²) >= 11 is 11.4. The molecular formula is C29H46Cl2O2. The van der Waals surface area contributed by atoms with E-state index in [0.717, 1.165) is 54.8 Å². The number of carbonyl (C=O) groups excluding carboxylic acids is 1. The van der Waals surface area contributed by atoms with Crippen molar-refractivity contribution < 1.29 is 9.53 Å². The van der Waals surface area contributed by atoms with E-state index in [1.807, 2.05) is 0 Å². The number of carbonyl (C=O) groups is 1. The molecule has 0 saturated heterocycles. The Balaban J connectivity index is 1.45. The lowest BCUT2D eigenvalue weighted by Gasteiger charge is -2.58. The van der Waals surface area contributed by atoms with Crippen molar-refractivity contribution >= 4 is 29.2 Å². The molecule has 0 N–H and O–H groups in total. The molecule has 0 aromatic heterocycles. The Labute approximate surface area is 212 Å². The van der Waals surface area contributed by atoms with Gasteiger partial charge in [-0.1, -0.05) is 88.7 Å². The number of hydrogen-bond acceptors (Lipinski definition) is 2. The Kier molecular flexibility index (Phi) is 7.87. The summed E-state index contributed by atoms with van der Waals surface area (Å²) in [6.45, 7) is 12.4. The maximum absolute atomic E-state index is 11.9. The predicted octanol–water partition coefficient (Wildman–Crippen LogP) is 8.74. The molecular weight excluding hydrogens is 451 g/mol. The van der Waals surface area contributed by atoms with Crippen LogP contribution in [0, 0.1) is 46.3 Å². The van der Waals surface area contributed by atoms with Crippen molar-refractivity contribution in [2.24, 2.45) is 46.3 Å². The predicted molar refractivity (Wildman–Crippen MR) is 138 cm³/mol. The third kappa shape index (κ3) is 4.91. The van der Waals surface area contributed by atoms with Gasteiger partial charge in [-0.25, -0.2) is 4.79 Å². The van der Waals surface area contributed by atoms with Crippen molar-refractivity contribution in [1.29, 1.82) is 0 Å². The van der Waals surface area contributed by atoms with Crippen LogP contribution in [0.2, 0.25) is 0 Å². The molecule has 0 spiro atoms. The van der Waals surface area contributed by atoms with Gasteiger partial charge < -0.3 is 4.74 Å². The van der Waals surface area contributed by atoms with E-state index in [0.29, 0.717) is 5.41 Å². The largest absolute Gasteiger partial charge is 0.460 e. The molecule has 3 saturated carbocycles. The standard InChI is InChI=1S/C29H46Cl2O2/c1-18(2)7-6-8-19(3)23-11-12-24-22-10-9-20-17-21(33-27(32)26(30)31)13-15-28(20,4)25(22)14-16-29(23,24)5/h9,18-19,21-26H,6-8,10-17H2,1-5H3/t19-,21-,22-,23+,24-,25-,28-,29+/m0/s1. The first-order valence-electron chi connectivity index (χ1n) is 13.7. The molecule has 0 aromatic rings. The Morgan fingerprint density at radius 1 is 1.06 bits per heavy atom. The second-order valence-electron chi connectivity index (χ2n) is 12.9. The summed E-state index contributed by atoms with van der Waals surface area (Å²) in [5.74, 6) is 4.60. The summed E-state index contributed by atoms with van der Waals surface area (Å²) in [4.78, 5) is 10.8. The molecule has 0 radical (unpaired) electrons. The van der Waals surface area contributed by atoms with E-state index < -0.39 is 10.8 Å². The van der Waals surface area contributed by atoms with Crippen molar-refractivity contribution in [3.05, 3.63) is 11.6 Å². The number of fused-ring (bicyclic) bond motifs is 5. The molecule has 0 heterocycles. The fourth-order valence-corrected chi connectivity index (χ4v) is 9.07. The van der Waals surface area contributed by atoms with Gasteiger partial charge in [-0.05, 0) is 91.3 Å². The number of alkyl halides is 2. The summed E-state index contributed by atoms with van der Waals surface area (Å²) in [5, 5.41) is 0. The first-order chi connectivity index (χ1) is 15.6. The molecule has 0 bridgehead atoms. The first kappa shape index (κ1) is 25.9. The number of esters is 1. The molecule has 4 aliphatic carbocycles. The summed E-state index contributed by atoms with van der Waals surface area (Å²) in [7, 11) is 0. The first-order valence-corrected chi connectivity index (χ1v) is 14.6. The molecule has 188 valence electrons. The number of rotatable bonds is 7. The normalized spacial score (nSPS) is 41.2. The van der Waals surface area contributed by atoms with Gasteiger partial charge in [0.25, 0.3) is 0 Å². The Bertz CT molecular complexity index is 746. The van der Waals surface area contributed by atoms with E-state index in [1.54, 1.807) is 0 Å². The van der Waals surface area contributed by atoms with Crippen LogP contribution in [0.1, 0.15) is 105 Å². The number of allylic oxidation sites excluding steroid dienone is 1. The van der Waals surface area contributed by atoms with Gasteiger partial charge in [0.2, 0.25) is 4.84 Å². The Morgan fingerprint density at radius 2 is 1.82 bits per heavy atom. The van der Waals surface area contributed by atoms with Crippen molar-refractivity contribution in [2.75, 3.05) is 0 Å². The third-order valence-electron chi connectivity index (χ3n) is 10.7. The maximum Gasteiger partial charge on any atom is 0.339 e. The smallest absolute Gasteiger partial charge is 0.339 e. The SMILES string of the molecule is CC(C)CCC[C@H](C)[C@H]1CC[C@H]2[C@@H]3CC=C4C[C@@H](OC(=O)C(Cl)Cl)CC[C@]4(C)[C@H]3CC[C@]12C. The maximum atomic E-state index is 11.9. The minimum atomic E-state index is -1.08. The van der Waals surface area contributed by atoms with Gasteiger partial charge in [0.1, 0.15) is 6.10 Å². The number of halogens is 2. The van der Waals surface area contributed by atoms with Gasteiger partial charge in [-0.2, -0.15) is 0 Å². The molecule has 8 atom stereocenters. The highest BCUT2D eigenvalue weighted by atomic mass is 35.5. The summed E-state index contributed by atoms with van der Waals surface area (Å²) in [6.07, 6.45) is 16.4.